The van der Waals surface area contributed by atoms with E-state index < -0.39 is 0 Å². The van der Waals surface area contributed by atoms with Crippen LogP contribution in [0.1, 0.15) is 43.1 Å². The number of rotatable bonds is 7. The quantitative estimate of drug-likeness (QED) is 0.307. The smallest absolute Gasteiger partial charge is 0.191 e. The molecule has 5 nitrogen and oxygen atoms in total. The molecule has 2 N–H and O–H groups in total. The van der Waals surface area contributed by atoms with E-state index in [0.29, 0.717) is 22.6 Å². The van der Waals surface area contributed by atoms with E-state index in [1.165, 1.54) is 5.01 Å². The Kier molecular flexibility index (Phi) is 10.3. The van der Waals surface area contributed by atoms with Crippen LogP contribution in [0, 0.1) is 0 Å². The Morgan fingerprint density at radius 1 is 1.35 bits per heavy atom. The lowest BCUT2D eigenvalue weighted by molar-refractivity contribution is 0.769. The predicted molar refractivity (Wildman–Crippen MR) is 124 cm³/mol. The number of guanidine groups is 1. The molecule has 0 aliphatic carbocycles. The van der Waals surface area contributed by atoms with Gasteiger partial charge >= 0.3 is 0 Å². The van der Waals surface area contributed by atoms with Crippen molar-refractivity contribution in [3.8, 4) is 0 Å². The van der Waals surface area contributed by atoms with Crippen LogP contribution < -0.4 is 10.6 Å². The van der Waals surface area contributed by atoms with Crippen molar-refractivity contribution < 1.29 is 0 Å². The van der Waals surface area contributed by atoms with Gasteiger partial charge in [0, 0.05) is 43.5 Å². The van der Waals surface area contributed by atoms with Crippen molar-refractivity contribution >= 4 is 64.5 Å². The van der Waals surface area contributed by atoms with Gasteiger partial charge in [0.05, 0.1) is 22.3 Å². The van der Waals surface area contributed by atoms with Crippen LogP contribution in [0.2, 0.25) is 10.2 Å². The van der Waals surface area contributed by atoms with Gasteiger partial charge in [-0.2, -0.15) is 0 Å². The van der Waals surface area contributed by atoms with Crippen LogP contribution in [-0.4, -0.2) is 28.6 Å². The van der Waals surface area contributed by atoms with E-state index in [2.05, 4.69) is 39.8 Å². The fourth-order valence-electron chi connectivity index (χ4n) is 2.25. The first-order valence-corrected chi connectivity index (χ1v) is 10.0. The highest BCUT2D eigenvalue weighted by molar-refractivity contribution is 14.0. The average molecular weight is 530 g/mol. The van der Waals surface area contributed by atoms with Gasteiger partial charge in [0.1, 0.15) is 5.15 Å². The van der Waals surface area contributed by atoms with Gasteiger partial charge in [-0.15, -0.1) is 35.3 Å². The van der Waals surface area contributed by atoms with Crippen molar-refractivity contribution in [3.05, 3.63) is 38.0 Å². The van der Waals surface area contributed by atoms with Crippen molar-refractivity contribution in [1.29, 1.82) is 0 Å². The molecule has 0 saturated carbocycles. The molecule has 2 aromatic rings. The fraction of sp³-hybridized carbons (Fsp3) is 0.529. The molecule has 0 aliphatic rings. The maximum atomic E-state index is 6.10. The maximum Gasteiger partial charge on any atom is 0.191 e. The van der Waals surface area contributed by atoms with Crippen LogP contribution in [0.15, 0.2) is 16.4 Å². The highest BCUT2D eigenvalue weighted by Crippen LogP contribution is 2.25. The lowest BCUT2D eigenvalue weighted by Crippen LogP contribution is -2.38. The minimum absolute atomic E-state index is 0. The van der Waals surface area contributed by atoms with Gasteiger partial charge < -0.3 is 15.2 Å². The minimum atomic E-state index is 0. The molecule has 146 valence electrons. The van der Waals surface area contributed by atoms with Gasteiger partial charge in [0.15, 0.2) is 5.96 Å². The number of aromatic nitrogens is 2. The van der Waals surface area contributed by atoms with Gasteiger partial charge in [-0.1, -0.05) is 37.0 Å². The van der Waals surface area contributed by atoms with E-state index in [1.54, 1.807) is 11.3 Å². The summed E-state index contributed by atoms with van der Waals surface area (Å²) in [6, 6.07) is 1.85. The Labute approximate surface area is 186 Å². The zero-order valence-corrected chi connectivity index (χ0v) is 20.1. The van der Waals surface area contributed by atoms with Crippen LogP contribution in [0.25, 0.3) is 0 Å². The molecule has 0 unspecified atom stereocenters. The summed E-state index contributed by atoms with van der Waals surface area (Å²) in [6.45, 7) is 8.46. The van der Waals surface area contributed by atoms with Gasteiger partial charge in [-0.3, -0.25) is 0 Å². The number of aliphatic imine (C=N–C) groups is 1. The van der Waals surface area contributed by atoms with E-state index in [4.69, 9.17) is 23.2 Å². The van der Waals surface area contributed by atoms with Gasteiger partial charge in [-0.05, 0) is 13.0 Å². The Hall–Kier alpha value is -0.510. The molecule has 0 fully saturated rings. The van der Waals surface area contributed by atoms with E-state index in [1.807, 2.05) is 24.6 Å². The Morgan fingerprint density at radius 3 is 2.62 bits per heavy atom. The molecule has 0 amide bonds. The SMILES string of the molecule is CCNC(=NCc1cc(Cl)c(Cl)n1C)NCCc1csc(C(C)C)n1.I. The summed E-state index contributed by atoms with van der Waals surface area (Å²) in [6.07, 6.45) is 0.870. The molecule has 0 aromatic carbocycles. The molecule has 0 saturated heterocycles. The predicted octanol–water partition coefficient (Wildman–Crippen LogP) is 4.83. The zero-order valence-electron chi connectivity index (χ0n) is 15.5. The van der Waals surface area contributed by atoms with Crippen LogP contribution >= 0.6 is 58.5 Å². The number of halogens is 3. The van der Waals surface area contributed by atoms with Crippen molar-refractivity contribution in [1.82, 2.24) is 20.2 Å². The lowest BCUT2D eigenvalue weighted by atomic mass is 10.2. The molecule has 2 heterocycles. The number of hydrogen-bond donors (Lipinski definition) is 2. The van der Waals surface area contributed by atoms with Crippen LogP contribution in [0.4, 0.5) is 0 Å². The van der Waals surface area contributed by atoms with Crippen molar-refractivity contribution in [2.75, 3.05) is 13.1 Å². The third kappa shape index (κ3) is 6.58. The van der Waals surface area contributed by atoms with E-state index >= 15 is 0 Å². The molecule has 9 heteroatoms. The summed E-state index contributed by atoms with van der Waals surface area (Å²) in [5, 5.41) is 11.0. The van der Waals surface area contributed by atoms with Crippen LogP contribution in [0.5, 0.6) is 0 Å². The standard InChI is InChI=1S/C17H25Cl2N5S.HI/c1-5-20-17(22-9-13-8-14(18)15(19)24(13)4)21-7-6-12-10-25-16(23-12)11(2)3;/h8,10-11H,5-7,9H2,1-4H3,(H2,20,21,22);1H. The summed E-state index contributed by atoms with van der Waals surface area (Å²) in [5.74, 6) is 1.25. The number of hydrogen-bond acceptors (Lipinski definition) is 3. The molecule has 0 atom stereocenters. The highest BCUT2D eigenvalue weighted by atomic mass is 127. The minimum Gasteiger partial charge on any atom is -0.357 e. The van der Waals surface area contributed by atoms with Crippen molar-refractivity contribution in [3.63, 3.8) is 0 Å². The fourth-order valence-corrected chi connectivity index (χ4v) is 3.54. The summed E-state index contributed by atoms with van der Waals surface area (Å²) in [7, 11) is 1.88. The summed E-state index contributed by atoms with van der Waals surface area (Å²) >= 11 is 13.9. The second-order valence-electron chi connectivity index (χ2n) is 6.04. The molecule has 0 spiro atoms. The summed E-state index contributed by atoms with van der Waals surface area (Å²) in [5.41, 5.74) is 2.09. The molecule has 2 aromatic heterocycles. The van der Waals surface area contributed by atoms with Crippen molar-refractivity contribution in [2.24, 2.45) is 12.0 Å². The van der Waals surface area contributed by atoms with E-state index in [9.17, 15) is 0 Å². The Balaban J connectivity index is 0.00000338. The number of nitrogens with one attached hydrogen (secondary N) is 2. The second kappa shape index (κ2) is 11.4. The normalized spacial score (nSPS) is 11.6. The first-order chi connectivity index (χ1) is 11.9. The van der Waals surface area contributed by atoms with Gasteiger partial charge in [0.2, 0.25) is 0 Å². The Morgan fingerprint density at radius 2 is 2.08 bits per heavy atom. The van der Waals surface area contributed by atoms with E-state index in [-0.39, 0.29) is 24.0 Å². The molecular weight excluding hydrogens is 504 g/mol. The lowest BCUT2D eigenvalue weighted by Gasteiger charge is -2.11. The van der Waals surface area contributed by atoms with E-state index in [0.717, 1.165) is 36.9 Å². The number of thiazole rings is 1. The molecule has 0 bridgehead atoms. The number of nitrogens with zero attached hydrogens (tertiary/aromatic N) is 3. The molecule has 26 heavy (non-hydrogen) atoms. The van der Waals surface area contributed by atoms with Crippen LogP contribution in [0.3, 0.4) is 0 Å². The topological polar surface area (TPSA) is 54.2 Å². The molecule has 0 aliphatic heterocycles. The molecule has 2 rings (SSSR count). The molecule has 0 radical (unpaired) electrons. The molecular formula is C17H26Cl2IN5S. The summed E-state index contributed by atoms with van der Waals surface area (Å²) in [4.78, 5) is 9.26. The average Bonchev–Trinajstić information content (AvgIpc) is 3.14. The van der Waals surface area contributed by atoms with Crippen molar-refractivity contribution in [2.45, 2.75) is 39.7 Å². The third-order valence-electron chi connectivity index (χ3n) is 3.70. The third-order valence-corrected chi connectivity index (χ3v) is 5.73. The van der Waals surface area contributed by atoms with Gasteiger partial charge in [0.25, 0.3) is 0 Å². The first-order valence-electron chi connectivity index (χ1n) is 8.38. The highest BCUT2D eigenvalue weighted by Gasteiger charge is 2.09. The largest absolute Gasteiger partial charge is 0.357 e. The second-order valence-corrected chi connectivity index (χ2v) is 7.69. The first kappa shape index (κ1) is 23.5. The Bertz CT molecular complexity index is 727. The van der Waals surface area contributed by atoms with Gasteiger partial charge in [-0.25, -0.2) is 9.98 Å². The van der Waals surface area contributed by atoms with Crippen LogP contribution in [-0.2, 0) is 20.0 Å². The monoisotopic (exact) mass is 529 g/mol. The maximum absolute atomic E-state index is 6.10. The summed E-state index contributed by atoms with van der Waals surface area (Å²) < 4.78 is 1.85. The zero-order chi connectivity index (χ0) is 18.4.